The Morgan fingerprint density at radius 2 is 1.33 bits per heavy atom. The molecule has 10 rings (SSSR count). The van der Waals surface area contributed by atoms with Crippen molar-refractivity contribution in [3.8, 4) is 39.6 Å². The van der Waals surface area contributed by atoms with Crippen LogP contribution in [0, 0.1) is 19.2 Å². The van der Waals surface area contributed by atoms with Crippen molar-refractivity contribution in [3.63, 3.8) is 0 Å². The van der Waals surface area contributed by atoms with Crippen LogP contribution in [0.4, 0.5) is 22.7 Å². The molecule has 7 aromatic carbocycles. The van der Waals surface area contributed by atoms with Crippen molar-refractivity contribution in [1.29, 1.82) is 0 Å². The molecule has 0 bridgehead atoms. The minimum Gasteiger partial charge on any atom is -0.0622 e. The molecule has 0 atom stereocenters. The number of nitrogens with one attached hydrogen (secondary N) is 1. The van der Waals surface area contributed by atoms with Crippen LogP contribution in [0.25, 0.3) is 49.9 Å². The van der Waals surface area contributed by atoms with Gasteiger partial charge in [0, 0.05) is 32.2 Å². The van der Waals surface area contributed by atoms with Crippen molar-refractivity contribution in [2.24, 2.45) is 0 Å². The van der Waals surface area contributed by atoms with Gasteiger partial charge in [-0.25, -0.2) is 0 Å². The number of aromatic nitrogens is 2. The number of pyridine rings is 1. The van der Waals surface area contributed by atoms with Crippen LogP contribution in [0.5, 0.6) is 11.5 Å². The molecule has 1 aliphatic heterocycles. The van der Waals surface area contributed by atoms with Gasteiger partial charge in [-0.3, -0.25) is 0 Å². The summed E-state index contributed by atoms with van der Waals surface area (Å²) in [5, 5.41) is 6.30. The summed E-state index contributed by atoms with van der Waals surface area (Å²) in [6.07, 6.45) is 1.93. The Balaban J connectivity index is 0.00000476. The van der Waals surface area contributed by atoms with E-state index >= 15 is 0 Å². The van der Waals surface area contributed by atoms with Gasteiger partial charge < -0.3 is 0 Å². The van der Waals surface area contributed by atoms with Gasteiger partial charge in [0.05, 0.1) is 0 Å². The Morgan fingerprint density at radius 1 is 0.672 bits per heavy atom. The van der Waals surface area contributed by atoms with E-state index in [1.54, 1.807) is 0 Å². The Morgan fingerprint density at radius 3 is 2.03 bits per heavy atom. The topological polar surface area (TPSA) is 42.3 Å². The molecule has 3 heterocycles. The fourth-order valence-electron chi connectivity index (χ4n) is 8.85. The SMILES string of the molecule is [CH2-]N(c1ccccc1Nc1[c-]c(Oc2[c-]c3c4[c](c2)[Ge]([CH3])([CH3])[c]2cccc(c24)n3-c2cc(C(C)(C)C)ccn2)ccc1)c1c(-c2ccccc2)cccc1-c1ccccc1.[Pt]. The molecule has 0 aliphatic carbocycles. The molecular weight excluding hydrogens is 988 g/mol. The zero-order valence-corrected chi connectivity index (χ0v) is 39.2. The van der Waals surface area contributed by atoms with E-state index in [0.29, 0.717) is 11.5 Å². The first-order chi connectivity index (χ1) is 29.1. The first kappa shape index (κ1) is 40.5. The van der Waals surface area contributed by atoms with Crippen molar-refractivity contribution in [1.82, 2.24) is 9.55 Å². The van der Waals surface area contributed by atoms with E-state index in [4.69, 9.17) is 16.8 Å². The second-order valence-corrected chi connectivity index (χ2v) is 26.2. The summed E-state index contributed by atoms with van der Waals surface area (Å²) in [7, 11) is 4.69. The van der Waals surface area contributed by atoms with E-state index in [1.807, 2.05) is 47.5 Å². The third kappa shape index (κ3) is 7.18. The van der Waals surface area contributed by atoms with Crippen LogP contribution in [0.15, 0.2) is 164 Å². The van der Waals surface area contributed by atoms with Crippen LogP contribution in [0.2, 0.25) is 11.5 Å². The monoisotopic (exact) mass is 1030 g/mol. The molecule has 1 N–H and O–H groups in total. The van der Waals surface area contributed by atoms with Crippen LogP contribution in [-0.4, -0.2) is 22.8 Å². The summed E-state index contributed by atoms with van der Waals surface area (Å²) in [6.45, 7) is 6.72. The zero-order valence-electron chi connectivity index (χ0n) is 34.9. The van der Waals surface area contributed by atoms with Gasteiger partial charge in [0.2, 0.25) is 0 Å². The van der Waals surface area contributed by atoms with E-state index in [0.717, 1.165) is 56.3 Å². The average Bonchev–Trinajstić information content (AvgIpc) is 3.72. The van der Waals surface area contributed by atoms with Gasteiger partial charge in [-0.1, -0.05) is 78.9 Å². The van der Waals surface area contributed by atoms with Gasteiger partial charge >= 0.3 is 256 Å². The maximum absolute atomic E-state index is 6.75. The molecule has 0 fully saturated rings. The zero-order chi connectivity index (χ0) is 41.2. The molecule has 7 heteroatoms. The molecule has 0 saturated carbocycles. The number of rotatable bonds is 9. The summed E-state index contributed by atoms with van der Waals surface area (Å²) in [5.41, 5.74) is 11.4. The van der Waals surface area contributed by atoms with Gasteiger partial charge in [0.15, 0.2) is 0 Å². The van der Waals surface area contributed by atoms with Gasteiger partial charge in [0.1, 0.15) is 0 Å². The molecule has 0 unspecified atom stereocenters. The molecule has 0 amide bonds. The first-order valence-electron chi connectivity index (χ1n) is 20.5. The first-order valence-corrected chi connectivity index (χ1v) is 26.8. The van der Waals surface area contributed by atoms with E-state index in [1.165, 1.54) is 30.6 Å². The fourth-order valence-corrected chi connectivity index (χ4v) is 15.2. The molecule has 5 nitrogen and oxygen atoms in total. The Labute approximate surface area is 375 Å². The van der Waals surface area contributed by atoms with Gasteiger partial charge in [-0.05, 0) is 11.1 Å². The van der Waals surface area contributed by atoms with Gasteiger partial charge in [-0.15, -0.1) is 0 Å². The number of hydrogen-bond donors (Lipinski definition) is 1. The van der Waals surface area contributed by atoms with Gasteiger partial charge in [-0.2, -0.15) is 0 Å². The third-order valence-electron chi connectivity index (χ3n) is 11.9. The van der Waals surface area contributed by atoms with Crippen LogP contribution in [0.3, 0.4) is 0 Å². The van der Waals surface area contributed by atoms with Crippen molar-refractivity contribution in [2.45, 2.75) is 37.7 Å². The van der Waals surface area contributed by atoms with Crippen molar-refractivity contribution < 1.29 is 25.8 Å². The smallest absolute Gasteiger partial charge is 0.0622 e. The van der Waals surface area contributed by atoms with Crippen LogP contribution in [0.1, 0.15) is 26.3 Å². The molecule has 1 aliphatic rings. The number of benzene rings is 7. The van der Waals surface area contributed by atoms with E-state index in [-0.39, 0.29) is 26.5 Å². The number of ether oxygens (including phenoxy) is 1. The summed E-state index contributed by atoms with van der Waals surface area (Å²) >= 11 is -2.67. The van der Waals surface area contributed by atoms with E-state index in [2.05, 4.69) is 176 Å². The number of nitrogens with zero attached hydrogens (tertiary/aromatic N) is 3. The van der Waals surface area contributed by atoms with Crippen LogP contribution < -0.4 is 23.7 Å². The number of para-hydroxylation sites is 3. The Hall–Kier alpha value is -5.88. The van der Waals surface area contributed by atoms with Crippen molar-refractivity contribution in [3.05, 3.63) is 189 Å². The van der Waals surface area contributed by atoms with Crippen molar-refractivity contribution in [2.75, 3.05) is 10.2 Å². The summed E-state index contributed by atoms with van der Waals surface area (Å²) in [4.78, 5) is 6.97. The predicted octanol–water partition coefficient (Wildman–Crippen LogP) is 13.0. The molecule has 0 spiro atoms. The maximum atomic E-state index is 6.75. The molecule has 304 valence electrons. The standard InChI is InChI=1S/C54H45GeN4O.Pt/c1-54(2,3)38-30-31-56-50(32-38)59-48-29-17-26-44-51(48)52-45(55(44,4)5)34-41(35-49(52)59)60-40-23-15-22-39(33-40)57-46-27-13-14-28-47(46)58(6)53-42(36-18-9-7-10-19-36)24-16-25-43(53)37-20-11-8-12-21-37;/h7-32,34,57H,6H2,1-5H3;/q-3;. The normalized spacial score (nSPS) is 12.8. The molecule has 2 aromatic heterocycles. The molecular formula is C54H45GeN4OPt-3. The minimum atomic E-state index is -2.67. The van der Waals surface area contributed by atoms with Crippen LogP contribution >= 0.6 is 0 Å². The number of hydrogen-bond acceptors (Lipinski definition) is 4. The number of anilines is 4. The van der Waals surface area contributed by atoms with E-state index < -0.39 is 13.3 Å². The summed E-state index contributed by atoms with van der Waals surface area (Å²) < 4.78 is 11.9. The minimum absolute atomic E-state index is 0. The molecule has 9 aromatic rings. The fraction of sp³-hybridized carbons (Fsp3) is 0.111. The molecule has 0 saturated heterocycles. The predicted molar refractivity (Wildman–Crippen MR) is 253 cm³/mol. The second-order valence-electron chi connectivity index (χ2n) is 17.1. The van der Waals surface area contributed by atoms with Crippen LogP contribution in [-0.2, 0) is 26.5 Å². The quantitative estimate of drug-likeness (QED) is 0.116. The summed E-state index contributed by atoms with van der Waals surface area (Å²) in [6, 6.07) is 62.3. The molecule has 0 radical (unpaired) electrons. The van der Waals surface area contributed by atoms with Gasteiger partial charge in [0.25, 0.3) is 0 Å². The average molecular weight is 1030 g/mol. The Bertz CT molecular complexity index is 3020. The molecule has 61 heavy (non-hydrogen) atoms. The second kappa shape index (κ2) is 15.9. The Kier molecular flexibility index (Phi) is 10.5. The van der Waals surface area contributed by atoms with E-state index in [9.17, 15) is 0 Å². The van der Waals surface area contributed by atoms with Crippen molar-refractivity contribution >= 4 is 66.6 Å². The summed E-state index contributed by atoms with van der Waals surface area (Å²) in [5.74, 6) is 7.14. The third-order valence-corrected chi connectivity index (χ3v) is 19.2.